The third-order valence-electron chi connectivity index (χ3n) is 17.5. The molecule has 0 fully saturated rings. The number of carbonyl (C=O) groups is 4. The Morgan fingerprint density at radius 1 is 0.287 bits per heavy atom. The van der Waals surface area contributed by atoms with Crippen molar-refractivity contribution in [3.05, 3.63) is 0 Å². The summed E-state index contributed by atoms with van der Waals surface area (Å²) in [5.41, 5.74) is 0. The lowest BCUT2D eigenvalue weighted by atomic mass is 10.0. The third kappa shape index (κ3) is 68.6. The molecule has 0 heterocycles. The average Bonchev–Trinajstić information content (AvgIpc) is 2.47. The average molecular weight is 1380 g/mol. The standard InChI is InChI=1S/C75H146O17P2/c1-6-9-12-15-18-21-23-25-26-27-28-29-30-31-32-33-34-36-40-46-51-56-61-75(80)92-71(65-86-73(78)59-54-49-44-41-37-38-42-47-52-57-68(4)5)67-90-94(83,84)88-63-69(76)62-87-93(81,82)89-66-70(64-85-72(77)58-53-48-43-20-17-14-11-8-3)91-74(79)60-55-50-45-39-35-24-22-19-16-13-10-7-2/h68-71,76H,6-67H2,1-5H3,(H,81,82)(H,83,84)/t69-,70+,71+/m0/s1. The van der Waals surface area contributed by atoms with Gasteiger partial charge >= 0.3 is 39.5 Å². The molecule has 0 saturated carbocycles. The predicted octanol–water partition coefficient (Wildman–Crippen LogP) is 22.1. The Labute approximate surface area is 575 Å². The Morgan fingerprint density at radius 2 is 0.489 bits per heavy atom. The van der Waals surface area contributed by atoms with Crippen LogP contribution in [0, 0.1) is 5.92 Å². The van der Waals surface area contributed by atoms with E-state index in [0.717, 1.165) is 102 Å². The summed E-state index contributed by atoms with van der Waals surface area (Å²) < 4.78 is 68.4. The SMILES string of the molecule is CCCCCCCCCCCCCCCCCCCCCCCCC(=O)O[C@H](COC(=O)CCCCCCCCCCCC(C)C)COP(=O)(O)OC[C@@H](O)COP(=O)(O)OC[C@@H](COC(=O)CCCCCCCCCC)OC(=O)CCCCCCCCCCCCCC. The summed E-state index contributed by atoms with van der Waals surface area (Å²) in [4.78, 5) is 72.6. The van der Waals surface area contributed by atoms with Gasteiger partial charge in [0.15, 0.2) is 12.2 Å². The van der Waals surface area contributed by atoms with Crippen LogP contribution in [0.3, 0.4) is 0 Å². The van der Waals surface area contributed by atoms with E-state index in [1.54, 1.807) is 0 Å². The lowest BCUT2D eigenvalue weighted by Gasteiger charge is -2.21. The van der Waals surface area contributed by atoms with E-state index < -0.39 is 97.5 Å². The van der Waals surface area contributed by atoms with Gasteiger partial charge < -0.3 is 33.8 Å². The molecule has 0 saturated heterocycles. The summed E-state index contributed by atoms with van der Waals surface area (Å²) in [5.74, 6) is -1.38. The zero-order chi connectivity index (χ0) is 69.1. The summed E-state index contributed by atoms with van der Waals surface area (Å²) in [6.45, 7) is 7.23. The molecule has 0 aliphatic carbocycles. The van der Waals surface area contributed by atoms with Crippen LogP contribution in [0.4, 0.5) is 0 Å². The van der Waals surface area contributed by atoms with Crippen LogP contribution in [0.5, 0.6) is 0 Å². The van der Waals surface area contributed by atoms with E-state index in [2.05, 4.69) is 34.6 Å². The molecule has 558 valence electrons. The van der Waals surface area contributed by atoms with Crippen molar-refractivity contribution in [3.8, 4) is 0 Å². The maximum atomic E-state index is 13.1. The molecule has 0 aromatic carbocycles. The Bertz CT molecular complexity index is 1810. The molecule has 0 aliphatic rings. The smallest absolute Gasteiger partial charge is 0.462 e. The Hall–Kier alpha value is -1.94. The van der Waals surface area contributed by atoms with Gasteiger partial charge in [-0.15, -0.1) is 0 Å². The van der Waals surface area contributed by atoms with Gasteiger partial charge in [-0.3, -0.25) is 37.3 Å². The summed E-state index contributed by atoms with van der Waals surface area (Å²) in [6, 6.07) is 0. The molecule has 0 aliphatic heterocycles. The van der Waals surface area contributed by atoms with Crippen LogP contribution in [0.25, 0.3) is 0 Å². The summed E-state index contributed by atoms with van der Waals surface area (Å²) in [5, 5.41) is 10.6. The van der Waals surface area contributed by atoms with Crippen molar-refractivity contribution in [2.75, 3.05) is 39.6 Å². The lowest BCUT2D eigenvalue weighted by molar-refractivity contribution is -0.161. The van der Waals surface area contributed by atoms with Gasteiger partial charge in [-0.05, 0) is 31.6 Å². The van der Waals surface area contributed by atoms with E-state index in [1.807, 2.05) is 0 Å². The highest BCUT2D eigenvalue weighted by molar-refractivity contribution is 7.47. The van der Waals surface area contributed by atoms with E-state index in [4.69, 9.17) is 37.0 Å². The highest BCUT2D eigenvalue weighted by atomic mass is 31.2. The molecule has 0 aromatic rings. The van der Waals surface area contributed by atoms with Crippen molar-refractivity contribution in [3.63, 3.8) is 0 Å². The van der Waals surface area contributed by atoms with Crippen LogP contribution >= 0.6 is 15.6 Å². The predicted molar refractivity (Wildman–Crippen MR) is 382 cm³/mol. The molecule has 94 heavy (non-hydrogen) atoms. The van der Waals surface area contributed by atoms with E-state index in [9.17, 15) is 43.2 Å². The zero-order valence-electron chi connectivity index (χ0n) is 61.1. The van der Waals surface area contributed by atoms with E-state index in [0.29, 0.717) is 25.7 Å². The largest absolute Gasteiger partial charge is 0.472 e. The maximum Gasteiger partial charge on any atom is 0.472 e. The van der Waals surface area contributed by atoms with Gasteiger partial charge in [0, 0.05) is 25.7 Å². The molecule has 2 unspecified atom stereocenters. The molecule has 0 bridgehead atoms. The number of carbonyl (C=O) groups excluding carboxylic acids is 4. The Kier molecular flexibility index (Phi) is 66.8. The fourth-order valence-electron chi connectivity index (χ4n) is 11.5. The zero-order valence-corrected chi connectivity index (χ0v) is 62.9. The minimum absolute atomic E-state index is 0.107. The van der Waals surface area contributed by atoms with Gasteiger partial charge in [-0.25, -0.2) is 9.13 Å². The number of phosphoric ester groups is 2. The second-order valence-electron chi connectivity index (χ2n) is 27.5. The van der Waals surface area contributed by atoms with Crippen LogP contribution in [-0.4, -0.2) is 96.7 Å². The fourth-order valence-corrected chi connectivity index (χ4v) is 13.1. The van der Waals surface area contributed by atoms with Crippen molar-refractivity contribution in [1.29, 1.82) is 0 Å². The van der Waals surface area contributed by atoms with Crippen LogP contribution in [-0.2, 0) is 65.4 Å². The fraction of sp³-hybridized carbons (Fsp3) is 0.947. The monoisotopic (exact) mass is 1380 g/mol. The number of aliphatic hydroxyl groups is 1. The van der Waals surface area contributed by atoms with Crippen molar-refractivity contribution in [2.24, 2.45) is 5.92 Å². The van der Waals surface area contributed by atoms with Crippen LogP contribution < -0.4 is 0 Å². The van der Waals surface area contributed by atoms with E-state index >= 15 is 0 Å². The molecule has 19 heteroatoms. The second-order valence-corrected chi connectivity index (χ2v) is 30.4. The Morgan fingerprint density at radius 3 is 0.723 bits per heavy atom. The molecule has 5 atom stereocenters. The van der Waals surface area contributed by atoms with Gasteiger partial charge in [0.05, 0.1) is 26.4 Å². The molecule has 3 N–H and O–H groups in total. The molecular weight excluding hydrogens is 1230 g/mol. The van der Waals surface area contributed by atoms with Gasteiger partial charge in [0.2, 0.25) is 0 Å². The van der Waals surface area contributed by atoms with Crippen molar-refractivity contribution in [2.45, 2.75) is 412 Å². The minimum Gasteiger partial charge on any atom is -0.462 e. The van der Waals surface area contributed by atoms with Crippen molar-refractivity contribution in [1.82, 2.24) is 0 Å². The summed E-state index contributed by atoms with van der Waals surface area (Å²) in [6.07, 6.45) is 57.1. The molecule has 0 rings (SSSR count). The maximum absolute atomic E-state index is 13.1. The highest BCUT2D eigenvalue weighted by Gasteiger charge is 2.30. The molecule has 0 aromatic heterocycles. The third-order valence-corrected chi connectivity index (χ3v) is 19.4. The summed E-state index contributed by atoms with van der Waals surface area (Å²) >= 11 is 0. The van der Waals surface area contributed by atoms with Crippen molar-refractivity contribution < 1.29 is 80.2 Å². The quantitative estimate of drug-likeness (QED) is 0.0222. The molecule has 0 radical (unpaired) electrons. The number of ether oxygens (including phenoxy) is 4. The molecule has 0 amide bonds. The number of hydrogen-bond acceptors (Lipinski definition) is 15. The number of aliphatic hydroxyl groups excluding tert-OH is 1. The first-order chi connectivity index (χ1) is 45.5. The lowest BCUT2D eigenvalue weighted by Crippen LogP contribution is -2.30. The number of hydrogen-bond donors (Lipinski definition) is 3. The number of unbranched alkanes of at least 4 members (excludes halogenated alkanes) is 47. The normalized spacial score (nSPS) is 14.0. The molecular formula is C75H146O17P2. The van der Waals surface area contributed by atoms with Crippen LogP contribution in [0.15, 0.2) is 0 Å². The minimum atomic E-state index is -4.95. The number of phosphoric acid groups is 2. The number of rotatable bonds is 75. The molecule has 17 nitrogen and oxygen atoms in total. The van der Waals surface area contributed by atoms with Gasteiger partial charge in [0.1, 0.15) is 19.3 Å². The first kappa shape index (κ1) is 92.1. The van der Waals surface area contributed by atoms with Crippen LogP contribution in [0.1, 0.15) is 394 Å². The van der Waals surface area contributed by atoms with E-state index in [-0.39, 0.29) is 25.7 Å². The topological polar surface area (TPSA) is 237 Å². The highest BCUT2D eigenvalue weighted by Crippen LogP contribution is 2.45. The van der Waals surface area contributed by atoms with Crippen LogP contribution in [0.2, 0.25) is 0 Å². The van der Waals surface area contributed by atoms with Gasteiger partial charge in [-0.2, -0.15) is 0 Å². The van der Waals surface area contributed by atoms with Crippen molar-refractivity contribution >= 4 is 39.5 Å². The first-order valence-electron chi connectivity index (χ1n) is 39.1. The summed E-state index contributed by atoms with van der Waals surface area (Å²) in [7, 11) is -9.90. The molecule has 0 spiro atoms. The first-order valence-corrected chi connectivity index (χ1v) is 42.1. The second kappa shape index (κ2) is 68.2. The Balaban J connectivity index is 5.14. The van der Waals surface area contributed by atoms with Gasteiger partial charge in [0.25, 0.3) is 0 Å². The van der Waals surface area contributed by atoms with E-state index in [1.165, 1.54) is 212 Å². The van der Waals surface area contributed by atoms with Gasteiger partial charge in [-0.1, -0.05) is 343 Å². The number of esters is 4.